The van der Waals surface area contributed by atoms with E-state index in [0.717, 1.165) is 19.5 Å². The number of rotatable bonds is 8. The average molecular weight is 292 g/mol. The van der Waals surface area contributed by atoms with Gasteiger partial charge in [-0.2, -0.15) is 0 Å². The normalized spacial score (nSPS) is 21.1. The Bertz CT molecular complexity index is 393. The van der Waals surface area contributed by atoms with Crippen LogP contribution in [-0.4, -0.2) is 66.7 Å². The summed E-state index contributed by atoms with van der Waals surface area (Å²) < 4.78 is 25.7. The van der Waals surface area contributed by atoms with Crippen molar-refractivity contribution < 1.29 is 18.3 Å². The molecule has 1 N–H and O–H groups in total. The zero-order chi connectivity index (χ0) is 14.5. The minimum Gasteiger partial charge on any atom is -0.481 e. The van der Waals surface area contributed by atoms with Gasteiger partial charge in [-0.1, -0.05) is 13.8 Å². The number of hydrogen-bond acceptors (Lipinski definition) is 4. The molecule has 0 aliphatic carbocycles. The van der Waals surface area contributed by atoms with Gasteiger partial charge in [-0.25, -0.2) is 12.7 Å². The van der Waals surface area contributed by atoms with Gasteiger partial charge >= 0.3 is 5.97 Å². The van der Waals surface area contributed by atoms with Crippen LogP contribution in [0.15, 0.2) is 0 Å². The molecule has 1 rings (SSSR count). The van der Waals surface area contributed by atoms with Gasteiger partial charge in [0.25, 0.3) is 0 Å². The fraction of sp³-hybridized carbons (Fsp3) is 0.917. The van der Waals surface area contributed by atoms with Crippen LogP contribution in [0, 0.1) is 0 Å². The number of nitrogens with zero attached hydrogens (tertiary/aromatic N) is 2. The van der Waals surface area contributed by atoms with Gasteiger partial charge in [-0.3, -0.25) is 9.69 Å². The Morgan fingerprint density at radius 1 is 1.37 bits per heavy atom. The van der Waals surface area contributed by atoms with Crippen LogP contribution in [-0.2, 0) is 14.8 Å². The third-order valence-electron chi connectivity index (χ3n) is 3.64. The lowest BCUT2D eigenvalue weighted by atomic mass is 10.2. The highest BCUT2D eigenvalue weighted by Gasteiger charge is 2.33. The number of aliphatic carboxylic acids is 1. The van der Waals surface area contributed by atoms with E-state index in [0.29, 0.717) is 19.1 Å². The SMILES string of the molecule is CCN(CC)C1CCN(S(=O)(=O)CCCC(=O)O)C1. The molecule has 1 aliphatic heterocycles. The summed E-state index contributed by atoms with van der Waals surface area (Å²) in [6.45, 7) is 7.09. The molecule has 0 radical (unpaired) electrons. The number of hydrogen-bond donors (Lipinski definition) is 1. The Balaban J connectivity index is 2.50. The molecule has 19 heavy (non-hydrogen) atoms. The van der Waals surface area contributed by atoms with Crippen molar-refractivity contribution in [3.8, 4) is 0 Å². The fourth-order valence-corrected chi connectivity index (χ4v) is 4.09. The summed E-state index contributed by atoms with van der Waals surface area (Å²) in [7, 11) is -3.30. The molecule has 0 aromatic heterocycles. The second-order valence-electron chi connectivity index (χ2n) is 4.84. The lowest BCUT2D eigenvalue weighted by molar-refractivity contribution is -0.137. The van der Waals surface area contributed by atoms with Crippen molar-refractivity contribution in [1.82, 2.24) is 9.21 Å². The van der Waals surface area contributed by atoms with Crippen molar-refractivity contribution in [2.75, 3.05) is 31.9 Å². The molecular formula is C12H24N2O4S. The summed E-state index contributed by atoms with van der Waals surface area (Å²) in [5, 5.41) is 8.54. The Morgan fingerprint density at radius 3 is 2.53 bits per heavy atom. The van der Waals surface area contributed by atoms with Crippen LogP contribution >= 0.6 is 0 Å². The minimum atomic E-state index is -3.30. The average Bonchev–Trinajstić information content (AvgIpc) is 2.80. The van der Waals surface area contributed by atoms with E-state index < -0.39 is 16.0 Å². The van der Waals surface area contributed by atoms with Crippen LogP contribution in [0.3, 0.4) is 0 Å². The van der Waals surface area contributed by atoms with E-state index in [4.69, 9.17) is 5.11 Å². The van der Waals surface area contributed by atoms with Crippen molar-refractivity contribution in [3.63, 3.8) is 0 Å². The highest BCUT2D eigenvalue weighted by Crippen LogP contribution is 2.19. The minimum absolute atomic E-state index is 0.0652. The van der Waals surface area contributed by atoms with E-state index in [1.54, 1.807) is 0 Å². The summed E-state index contributed by atoms with van der Waals surface area (Å²) in [6, 6.07) is 0.296. The molecule has 1 fully saturated rings. The molecule has 1 heterocycles. The maximum Gasteiger partial charge on any atom is 0.303 e. The van der Waals surface area contributed by atoms with Crippen LogP contribution in [0.4, 0.5) is 0 Å². The van der Waals surface area contributed by atoms with Gasteiger partial charge in [-0.05, 0) is 25.9 Å². The quantitative estimate of drug-likeness (QED) is 0.709. The summed E-state index contributed by atoms with van der Waals surface area (Å²) in [4.78, 5) is 12.7. The molecule has 6 nitrogen and oxygen atoms in total. The first-order valence-electron chi connectivity index (χ1n) is 6.84. The van der Waals surface area contributed by atoms with E-state index in [1.165, 1.54) is 4.31 Å². The molecule has 0 spiro atoms. The Hall–Kier alpha value is -0.660. The molecule has 1 atom stereocenters. The Kier molecular flexibility index (Phi) is 6.22. The molecule has 0 aromatic rings. The van der Waals surface area contributed by atoms with Gasteiger partial charge in [0.15, 0.2) is 0 Å². The maximum atomic E-state index is 12.1. The molecule has 1 saturated heterocycles. The molecule has 0 aromatic carbocycles. The van der Waals surface area contributed by atoms with Gasteiger partial charge in [0.2, 0.25) is 10.0 Å². The van der Waals surface area contributed by atoms with Crippen molar-refractivity contribution in [2.24, 2.45) is 0 Å². The van der Waals surface area contributed by atoms with Gasteiger partial charge < -0.3 is 5.11 Å². The third-order valence-corrected chi connectivity index (χ3v) is 5.56. The summed E-state index contributed by atoms with van der Waals surface area (Å²) in [6.07, 6.45) is 0.955. The Labute approximate surface area is 115 Å². The lowest BCUT2D eigenvalue weighted by Gasteiger charge is -2.26. The second-order valence-corrected chi connectivity index (χ2v) is 6.92. The molecule has 0 amide bonds. The standard InChI is InChI=1S/C12H24N2O4S/c1-3-13(4-2)11-7-8-14(10-11)19(17,18)9-5-6-12(15)16/h11H,3-10H2,1-2H3,(H,15,16). The number of carboxylic acids is 1. The van der Waals surface area contributed by atoms with Crippen LogP contribution in [0.5, 0.6) is 0 Å². The van der Waals surface area contributed by atoms with Crippen LogP contribution in [0.1, 0.15) is 33.1 Å². The van der Waals surface area contributed by atoms with Crippen molar-refractivity contribution in [3.05, 3.63) is 0 Å². The second kappa shape index (κ2) is 7.21. The number of carboxylic acid groups (broad SMARTS) is 1. The topological polar surface area (TPSA) is 77.9 Å². The van der Waals surface area contributed by atoms with Gasteiger partial charge in [-0.15, -0.1) is 0 Å². The molecule has 1 aliphatic rings. The lowest BCUT2D eigenvalue weighted by Crippen LogP contribution is -2.39. The zero-order valence-corrected chi connectivity index (χ0v) is 12.5. The van der Waals surface area contributed by atoms with Crippen molar-refractivity contribution >= 4 is 16.0 Å². The summed E-state index contributed by atoms with van der Waals surface area (Å²) >= 11 is 0. The summed E-state index contributed by atoms with van der Waals surface area (Å²) in [5.74, 6) is -1.01. The first-order chi connectivity index (χ1) is 8.90. The molecule has 1 unspecified atom stereocenters. The van der Waals surface area contributed by atoms with Gasteiger partial charge in [0, 0.05) is 25.6 Å². The van der Waals surface area contributed by atoms with Crippen LogP contribution in [0.25, 0.3) is 0 Å². The molecular weight excluding hydrogens is 268 g/mol. The number of likely N-dealkylation sites (N-methyl/N-ethyl adjacent to an activating group) is 1. The summed E-state index contributed by atoms with van der Waals surface area (Å²) in [5.41, 5.74) is 0. The van der Waals surface area contributed by atoms with E-state index in [2.05, 4.69) is 18.7 Å². The smallest absolute Gasteiger partial charge is 0.303 e. The zero-order valence-electron chi connectivity index (χ0n) is 11.7. The number of sulfonamides is 1. The van der Waals surface area contributed by atoms with Gasteiger partial charge in [0.1, 0.15) is 0 Å². The van der Waals surface area contributed by atoms with E-state index >= 15 is 0 Å². The predicted octanol–water partition coefficient (Wildman–Crippen LogP) is 0.597. The maximum absolute atomic E-state index is 12.1. The van der Waals surface area contributed by atoms with E-state index in [1.807, 2.05) is 0 Å². The monoisotopic (exact) mass is 292 g/mol. The number of carbonyl (C=O) groups is 1. The molecule has 7 heteroatoms. The van der Waals surface area contributed by atoms with Crippen molar-refractivity contribution in [1.29, 1.82) is 0 Å². The van der Waals surface area contributed by atoms with E-state index in [-0.39, 0.29) is 18.6 Å². The molecule has 0 saturated carbocycles. The largest absolute Gasteiger partial charge is 0.481 e. The first kappa shape index (κ1) is 16.4. The third kappa shape index (κ3) is 4.74. The Morgan fingerprint density at radius 2 is 2.00 bits per heavy atom. The molecule has 0 bridgehead atoms. The highest BCUT2D eigenvalue weighted by atomic mass is 32.2. The van der Waals surface area contributed by atoms with Gasteiger partial charge in [0.05, 0.1) is 5.75 Å². The fourth-order valence-electron chi connectivity index (χ4n) is 2.54. The molecule has 112 valence electrons. The predicted molar refractivity (Wildman–Crippen MR) is 73.6 cm³/mol. The first-order valence-corrected chi connectivity index (χ1v) is 8.45. The highest BCUT2D eigenvalue weighted by molar-refractivity contribution is 7.89. The van der Waals surface area contributed by atoms with Crippen molar-refractivity contribution in [2.45, 2.75) is 39.2 Å². The van der Waals surface area contributed by atoms with Crippen LogP contribution < -0.4 is 0 Å². The van der Waals surface area contributed by atoms with E-state index in [9.17, 15) is 13.2 Å². The van der Waals surface area contributed by atoms with Crippen LogP contribution in [0.2, 0.25) is 0 Å².